The number of nitrogens with zero attached hydrogens (tertiary/aromatic N) is 4. The Morgan fingerprint density at radius 3 is 1.62 bits per heavy atom. The van der Waals surface area contributed by atoms with Gasteiger partial charge in [0.2, 0.25) is 11.4 Å². The third kappa shape index (κ3) is 10.4. The second kappa shape index (κ2) is 19.4. The summed E-state index contributed by atoms with van der Waals surface area (Å²) < 4.78 is 13.8. The van der Waals surface area contributed by atoms with E-state index in [0.29, 0.717) is 0 Å². The number of ether oxygens (including phenoxy) is 1. The van der Waals surface area contributed by atoms with E-state index in [9.17, 15) is 0 Å². The molecule has 1 aliphatic heterocycles. The molecule has 0 spiro atoms. The zero-order chi connectivity index (χ0) is 56.0. The summed E-state index contributed by atoms with van der Waals surface area (Å²) in [4.78, 5) is 5.05. The first-order valence-corrected chi connectivity index (χ1v) is 28.1. The van der Waals surface area contributed by atoms with Gasteiger partial charge in [-0.1, -0.05) is 195 Å². The van der Waals surface area contributed by atoms with Gasteiger partial charge in [-0.05, 0) is 146 Å². The molecule has 0 N–H and O–H groups in total. The Hall–Kier alpha value is -8.11. The first-order chi connectivity index (χ1) is 37.3. The van der Waals surface area contributed by atoms with Gasteiger partial charge in [0.05, 0.1) is 22.7 Å². The van der Waals surface area contributed by atoms with Gasteiger partial charge in [-0.25, -0.2) is 4.98 Å². The van der Waals surface area contributed by atoms with Crippen LogP contribution < -0.4 is 13.9 Å². The van der Waals surface area contributed by atoms with E-state index in [1.807, 2.05) is 12.3 Å². The van der Waals surface area contributed by atoms with E-state index in [1.54, 1.807) is 0 Å². The maximum absolute atomic E-state index is 6.99. The van der Waals surface area contributed by atoms with Gasteiger partial charge in [0.1, 0.15) is 17.3 Å². The minimum absolute atomic E-state index is 0.000366. The molecule has 8 aromatic carbocycles. The molecular formula is C74H76N4O+2. The lowest BCUT2D eigenvalue weighted by Crippen LogP contribution is -2.17. The lowest BCUT2D eigenvalue weighted by atomic mass is 9.79. The number of rotatable bonds is 8. The number of hydrogen-bond acceptors (Lipinski definition) is 2. The van der Waals surface area contributed by atoms with Gasteiger partial charge in [0.25, 0.3) is 5.69 Å². The third-order valence-electron chi connectivity index (χ3n) is 15.8. The van der Waals surface area contributed by atoms with Crippen LogP contribution in [0, 0.1) is 0 Å². The number of benzene rings is 8. The van der Waals surface area contributed by atoms with Crippen LogP contribution in [0.25, 0.3) is 61.0 Å². The molecule has 396 valence electrons. The molecule has 0 fully saturated rings. The maximum atomic E-state index is 6.99. The van der Waals surface area contributed by atoms with E-state index >= 15 is 0 Å². The van der Waals surface area contributed by atoms with Crippen LogP contribution in [0.3, 0.4) is 0 Å². The van der Waals surface area contributed by atoms with Gasteiger partial charge in [-0.15, -0.1) is 0 Å². The highest BCUT2D eigenvalue weighted by Crippen LogP contribution is 2.46. The molecule has 2 aromatic heterocycles. The van der Waals surface area contributed by atoms with E-state index in [4.69, 9.17) is 9.72 Å². The number of aromatic nitrogens is 2. The van der Waals surface area contributed by atoms with Crippen molar-refractivity contribution in [3.05, 3.63) is 216 Å². The van der Waals surface area contributed by atoms with E-state index in [-0.39, 0.29) is 27.1 Å². The maximum Gasteiger partial charge on any atom is 0.503 e. The van der Waals surface area contributed by atoms with Gasteiger partial charge in [0.15, 0.2) is 0 Å². The Morgan fingerprint density at radius 1 is 0.380 bits per heavy atom. The zero-order valence-corrected chi connectivity index (χ0v) is 49.1. The molecule has 5 heteroatoms. The average Bonchev–Trinajstić information content (AvgIpc) is 3.83. The van der Waals surface area contributed by atoms with Gasteiger partial charge in [0, 0.05) is 47.3 Å². The van der Waals surface area contributed by atoms with Crippen LogP contribution in [0.5, 0.6) is 11.5 Å². The summed E-state index contributed by atoms with van der Waals surface area (Å²) in [5.74, 6) is 2.34. The summed E-state index contributed by atoms with van der Waals surface area (Å²) in [6, 6.07) is 70.6. The molecule has 0 amide bonds. The van der Waals surface area contributed by atoms with Crippen LogP contribution in [0.2, 0.25) is 0 Å². The first kappa shape index (κ1) is 52.9. The summed E-state index contributed by atoms with van der Waals surface area (Å²) in [5, 5.41) is 2.30. The predicted molar refractivity (Wildman–Crippen MR) is 336 cm³/mol. The van der Waals surface area contributed by atoms with Crippen molar-refractivity contribution >= 4 is 50.6 Å². The van der Waals surface area contributed by atoms with Crippen LogP contribution in [-0.2, 0) is 27.1 Å². The second-order valence-corrected chi connectivity index (χ2v) is 27.0. The van der Waals surface area contributed by atoms with Crippen molar-refractivity contribution in [2.24, 2.45) is 0 Å². The molecule has 0 radical (unpaired) electrons. The molecule has 3 heterocycles. The molecule has 0 aliphatic carbocycles. The molecule has 0 atom stereocenters. The third-order valence-corrected chi connectivity index (χ3v) is 15.8. The molecule has 10 aromatic rings. The fourth-order valence-corrected chi connectivity index (χ4v) is 10.9. The van der Waals surface area contributed by atoms with E-state index < -0.39 is 0 Å². The van der Waals surface area contributed by atoms with Crippen molar-refractivity contribution in [2.75, 3.05) is 0 Å². The second-order valence-electron chi connectivity index (χ2n) is 27.0. The highest BCUT2D eigenvalue weighted by atomic mass is 16.5. The number of para-hydroxylation sites is 1. The standard InChI is InChI=1S/C74H76N4O/c1-70(2,3)53-34-35-75-68(44-53)78-65-33-30-50(52-37-54(71(4,5)6)40-55(38-52)72(7,8)9)39-64(65)63-32-31-61(46-67(63)78)79-60-27-20-26-58(45-60)76-47-77(59-42-56(73(10,11)12)41-57(43-59)74(13,14)15)69-62(28-21-29-66(69)76)51-25-19-24-49(36-51)48-22-17-16-18-23-48/h16-46H,1-15H3/q+2. The summed E-state index contributed by atoms with van der Waals surface area (Å²) in [6.45, 7) is 34.4. The molecule has 0 saturated carbocycles. The topological polar surface area (TPSA) is 33.1 Å². The molecule has 5 nitrogen and oxygen atoms in total. The highest BCUT2D eigenvalue weighted by Gasteiger charge is 2.41. The summed E-state index contributed by atoms with van der Waals surface area (Å²) >= 11 is 0. The lowest BCUT2D eigenvalue weighted by Gasteiger charge is -2.26. The molecule has 0 saturated heterocycles. The Kier molecular flexibility index (Phi) is 13.0. The fourth-order valence-electron chi connectivity index (χ4n) is 10.9. The number of pyridine rings is 1. The van der Waals surface area contributed by atoms with Crippen LogP contribution in [0.4, 0.5) is 22.7 Å². The van der Waals surface area contributed by atoms with Crippen molar-refractivity contribution in [3.63, 3.8) is 0 Å². The van der Waals surface area contributed by atoms with Gasteiger partial charge >= 0.3 is 11.7 Å². The van der Waals surface area contributed by atoms with Crippen molar-refractivity contribution in [1.29, 1.82) is 0 Å². The smallest absolute Gasteiger partial charge is 0.457 e. The Bertz CT molecular complexity index is 4030. The minimum Gasteiger partial charge on any atom is -0.457 e. The fraction of sp³-hybridized carbons (Fsp3) is 0.270. The van der Waals surface area contributed by atoms with Gasteiger partial charge < -0.3 is 4.74 Å². The largest absolute Gasteiger partial charge is 0.503 e. The van der Waals surface area contributed by atoms with Crippen molar-refractivity contribution in [1.82, 2.24) is 18.7 Å². The van der Waals surface area contributed by atoms with Gasteiger partial charge in [-0.2, -0.15) is 0 Å². The average molecular weight is 1040 g/mol. The normalized spacial score (nSPS) is 13.2. The minimum atomic E-state index is -0.0736. The summed E-state index contributed by atoms with van der Waals surface area (Å²) in [5.41, 5.74) is 19.6. The monoisotopic (exact) mass is 1040 g/mol. The van der Waals surface area contributed by atoms with Crippen LogP contribution in [0.1, 0.15) is 132 Å². The Morgan fingerprint density at radius 2 is 0.962 bits per heavy atom. The molecule has 11 rings (SSSR count). The van der Waals surface area contributed by atoms with Crippen LogP contribution >= 0.6 is 0 Å². The van der Waals surface area contributed by atoms with Crippen molar-refractivity contribution in [2.45, 2.75) is 131 Å². The zero-order valence-electron chi connectivity index (χ0n) is 49.1. The molecule has 1 aliphatic rings. The quantitative estimate of drug-likeness (QED) is 0.142. The van der Waals surface area contributed by atoms with E-state index in [1.165, 1.54) is 55.5 Å². The van der Waals surface area contributed by atoms with E-state index in [0.717, 1.165) is 67.6 Å². The van der Waals surface area contributed by atoms with Gasteiger partial charge in [-0.3, -0.25) is 4.57 Å². The molecule has 0 unspecified atom stereocenters. The Balaban J connectivity index is 1.05. The molecule has 79 heavy (non-hydrogen) atoms. The van der Waals surface area contributed by atoms with Crippen molar-refractivity contribution < 1.29 is 4.74 Å². The SMILES string of the molecule is CC(C)(C)c1cc(-c2ccc3c(c2)c2ccc(Oc4cccc([N+]5=C=[N+](c6cc(C(C)(C)C)cc(C(C)(C)C)c6)c6c(-c7cccc(-c8ccccc8)c7)cccc65)c4)cc2n3-c2cc(C(C)(C)C)ccn2)cc(C(C)(C)C)c1. The lowest BCUT2D eigenvalue weighted by molar-refractivity contribution is 0.483. The van der Waals surface area contributed by atoms with Crippen molar-refractivity contribution in [3.8, 4) is 50.7 Å². The predicted octanol–water partition coefficient (Wildman–Crippen LogP) is 20.3. The summed E-state index contributed by atoms with van der Waals surface area (Å²) in [6.07, 6.45) is 1.95. The highest BCUT2D eigenvalue weighted by molar-refractivity contribution is 6.11. The van der Waals surface area contributed by atoms with E-state index in [2.05, 4.69) is 300 Å². The number of fused-ring (bicyclic) bond motifs is 4. The first-order valence-electron chi connectivity index (χ1n) is 28.1. The molecule has 0 bridgehead atoms. The summed E-state index contributed by atoms with van der Waals surface area (Å²) in [7, 11) is 0. The van der Waals surface area contributed by atoms with Crippen LogP contribution in [0.15, 0.2) is 188 Å². The molecular weight excluding hydrogens is 961 g/mol. The number of hydrogen-bond donors (Lipinski definition) is 0. The van der Waals surface area contributed by atoms with Crippen LogP contribution in [-0.4, -0.2) is 15.6 Å². The Labute approximate surface area is 469 Å².